The van der Waals surface area contributed by atoms with Gasteiger partial charge in [-0.3, -0.25) is 10.1 Å². The van der Waals surface area contributed by atoms with Crippen LogP contribution < -0.4 is 10.6 Å². The molecule has 0 unspecified atom stereocenters. The third-order valence-corrected chi connectivity index (χ3v) is 2.82. The summed E-state index contributed by atoms with van der Waals surface area (Å²) in [5.74, 6) is -0.0592. The number of hydrogen-bond donors (Lipinski definition) is 3. The van der Waals surface area contributed by atoms with Crippen molar-refractivity contribution in [2.45, 2.75) is 13.3 Å². The first-order valence-corrected chi connectivity index (χ1v) is 6.15. The van der Waals surface area contributed by atoms with E-state index in [-0.39, 0.29) is 5.91 Å². The van der Waals surface area contributed by atoms with Crippen LogP contribution in [0.1, 0.15) is 12.5 Å². The second kappa shape index (κ2) is 6.05. The van der Waals surface area contributed by atoms with Gasteiger partial charge in [0.2, 0.25) is 5.91 Å². The lowest BCUT2D eigenvalue weighted by atomic mass is 10.1. The molecule has 106 valence electrons. The molecule has 2 amide bonds. The van der Waals surface area contributed by atoms with Gasteiger partial charge in [-0.25, -0.2) is 9.78 Å². The van der Waals surface area contributed by atoms with Crippen molar-refractivity contribution in [1.29, 1.82) is 0 Å². The van der Waals surface area contributed by atoms with E-state index in [0.29, 0.717) is 18.7 Å². The maximum absolute atomic E-state index is 11.2. The number of methoxy groups -OCH3 is 1. The van der Waals surface area contributed by atoms with E-state index >= 15 is 0 Å². The summed E-state index contributed by atoms with van der Waals surface area (Å²) >= 11 is 0. The van der Waals surface area contributed by atoms with E-state index in [2.05, 4.69) is 25.3 Å². The molecule has 0 aliphatic rings. The minimum absolute atomic E-state index is 0.0592. The summed E-state index contributed by atoms with van der Waals surface area (Å²) < 4.78 is 4.54. The van der Waals surface area contributed by atoms with Crippen LogP contribution in [0.25, 0.3) is 11.0 Å². The molecular weight excluding hydrogens is 260 g/mol. The Morgan fingerprint density at radius 2 is 2.25 bits per heavy atom. The number of pyridine rings is 1. The zero-order valence-corrected chi connectivity index (χ0v) is 11.3. The predicted molar refractivity (Wildman–Crippen MR) is 74.5 cm³/mol. The van der Waals surface area contributed by atoms with Crippen molar-refractivity contribution in [2.75, 3.05) is 19.0 Å². The Kier molecular flexibility index (Phi) is 4.19. The van der Waals surface area contributed by atoms with Crippen LogP contribution in [0, 0.1) is 0 Å². The first-order chi connectivity index (χ1) is 9.60. The Hall–Kier alpha value is -2.57. The number of aromatic amines is 1. The van der Waals surface area contributed by atoms with Crippen LogP contribution >= 0.6 is 0 Å². The topological polar surface area (TPSA) is 96.1 Å². The summed E-state index contributed by atoms with van der Waals surface area (Å²) in [5.41, 5.74) is 2.32. The normalized spacial score (nSPS) is 10.3. The van der Waals surface area contributed by atoms with Crippen molar-refractivity contribution in [3.8, 4) is 0 Å². The third-order valence-electron chi connectivity index (χ3n) is 2.82. The third kappa shape index (κ3) is 3.25. The van der Waals surface area contributed by atoms with Crippen LogP contribution in [-0.2, 0) is 16.0 Å². The van der Waals surface area contributed by atoms with Crippen molar-refractivity contribution in [3.05, 3.63) is 24.0 Å². The lowest BCUT2D eigenvalue weighted by Gasteiger charge is -2.04. The molecule has 2 heterocycles. The highest BCUT2D eigenvalue weighted by molar-refractivity contribution is 5.89. The number of fused-ring (bicyclic) bond motifs is 1. The molecule has 0 atom stereocenters. The number of rotatable bonds is 4. The number of carbonyl (C=O) groups is 2. The average molecular weight is 276 g/mol. The lowest BCUT2D eigenvalue weighted by molar-refractivity contribution is -0.118. The molecule has 0 aliphatic carbocycles. The van der Waals surface area contributed by atoms with Gasteiger partial charge in [0.05, 0.1) is 19.0 Å². The van der Waals surface area contributed by atoms with Crippen LogP contribution in [0.4, 0.5) is 10.5 Å². The van der Waals surface area contributed by atoms with Crippen molar-refractivity contribution in [3.63, 3.8) is 0 Å². The van der Waals surface area contributed by atoms with Crippen molar-refractivity contribution in [1.82, 2.24) is 15.3 Å². The van der Waals surface area contributed by atoms with Gasteiger partial charge in [0.15, 0.2) is 0 Å². The molecule has 0 fully saturated rings. The fourth-order valence-corrected chi connectivity index (χ4v) is 1.88. The molecule has 3 N–H and O–H groups in total. The Morgan fingerprint density at radius 1 is 1.45 bits per heavy atom. The zero-order chi connectivity index (χ0) is 14.5. The maximum Gasteiger partial charge on any atom is 0.411 e. The molecule has 0 spiro atoms. The van der Waals surface area contributed by atoms with Gasteiger partial charge in [-0.1, -0.05) is 0 Å². The van der Waals surface area contributed by atoms with Crippen LogP contribution in [0.5, 0.6) is 0 Å². The SMILES string of the molecule is COC(=O)Nc1cnc2[nH]cc(CCNC(C)=O)c2c1. The van der Waals surface area contributed by atoms with Gasteiger partial charge in [-0.2, -0.15) is 0 Å². The monoisotopic (exact) mass is 276 g/mol. The smallest absolute Gasteiger partial charge is 0.411 e. The van der Waals surface area contributed by atoms with Crippen LogP contribution in [0.3, 0.4) is 0 Å². The second-order valence-electron chi connectivity index (χ2n) is 4.28. The average Bonchev–Trinajstić information content (AvgIpc) is 2.81. The van der Waals surface area contributed by atoms with Gasteiger partial charge in [-0.05, 0) is 18.1 Å². The quantitative estimate of drug-likeness (QED) is 0.786. The Morgan fingerprint density at radius 3 is 2.95 bits per heavy atom. The van der Waals surface area contributed by atoms with Gasteiger partial charge in [0, 0.05) is 25.1 Å². The Labute approximate surface area is 115 Å². The summed E-state index contributed by atoms with van der Waals surface area (Å²) in [6, 6.07) is 1.82. The minimum Gasteiger partial charge on any atom is -0.453 e. The van der Waals surface area contributed by atoms with E-state index in [9.17, 15) is 9.59 Å². The van der Waals surface area contributed by atoms with Crippen LogP contribution in [0.2, 0.25) is 0 Å². The van der Waals surface area contributed by atoms with E-state index in [4.69, 9.17) is 0 Å². The number of amides is 2. The molecule has 0 bridgehead atoms. The summed E-state index contributed by atoms with van der Waals surface area (Å²) in [5, 5.41) is 6.22. The highest BCUT2D eigenvalue weighted by Gasteiger charge is 2.08. The molecular formula is C13H16N4O3. The molecule has 0 aliphatic heterocycles. The van der Waals surface area contributed by atoms with Gasteiger partial charge in [-0.15, -0.1) is 0 Å². The number of ether oxygens (including phenoxy) is 1. The molecule has 2 aromatic heterocycles. The largest absolute Gasteiger partial charge is 0.453 e. The number of carbonyl (C=O) groups excluding carboxylic acids is 2. The summed E-state index contributed by atoms with van der Waals surface area (Å²) in [6.07, 6.45) is 3.54. The van der Waals surface area contributed by atoms with Crippen molar-refractivity contribution in [2.24, 2.45) is 0 Å². The van der Waals surface area contributed by atoms with Crippen LogP contribution in [-0.4, -0.2) is 35.6 Å². The van der Waals surface area contributed by atoms with E-state index in [1.54, 1.807) is 6.20 Å². The standard InChI is InChI=1S/C13H16N4O3/c1-8(18)14-4-3-9-6-15-12-11(9)5-10(7-16-12)17-13(19)20-2/h5-7H,3-4H2,1-2H3,(H,14,18)(H,15,16)(H,17,19). The lowest BCUT2D eigenvalue weighted by Crippen LogP contribution is -2.22. The summed E-state index contributed by atoms with van der Waals surface area (Å²) in [6.45, 7) is 2.03. The van der Waals surface area contributed by atoms with E-state index in [1.807, 2.05) is 12.3 Å². The van der Waals surface area contributed by atoms with Gasteiger partial charge >= 0.3 is 6.09 Å². The first kappa shape index (κ1) is 13.9. The Bertz CT molecular complexity index is 636. The van der Waals surface area contributed by atoms with Crippen molar-refractivity contribution >= 4 is 28.7 Å². The van der Waals surface area contributed by atoms with Crippen LogP contribution in [0.15, 0.2) is 18.5 Å². The van der Waals surface area contributed by atoms with Gasteiger partial charge < -0.3 is 15.0 Å². The Balaban J connectivity index is 2.16. The molecule has 20 heavy (non-hydrogen) atoms. The highest BCUT2D eigenvalue weighted by Crippen LogP contribution is 2.20. The first-order valence-electron chi connectivity index (χ1n) is 6.15. The van der Waals surface area contributed by atoms with Crippen molar-refractivity contribution < 1.29 is 14.3 Å². The molecule has 2 aromatic rings. The highest BCUT2D eigenvalue weighted by atomic mass is 16.5. The van der Waals surface area contributed by atoms with E-state index in [1.165, 1.54) is 14.0 Å². The molecule has 0 saturated heterocycles. The number of anilines is 1. The predicted octanol–water partition coefficient (Wildman–Crippen LogP) is 1.42. The summed E-state index contributed by atoms with van der Waals surface area (Å²) in [7, 11) is 1.30. The summed E-state index contributed by atoms with van der Waals surface area (Å²) in [4.78, 5) is 29.3. The van der Waals surface area contributed by atoms with Gasteiger partial charge in [0.1, 0.15) is 5.65 Å². The fraction of sp³-hybridized carbons (Fsp3) is 0.308. The number of nitrogens with zero attached hydrogens (tertiary/aromatic N) is 1. The molecule has 7 heteroatoms. The number of aromatic nitrogens is 2. The van der Waals surface area contributed by atoms with Gasteiger partial charge in [0.25, 0.3) is 0 Å². The van der Waals surface area contributed by atoms with E-state index in [0.717, 1.165) is 16.6 Å². The van der Waals surface area contributed by atoms with E-state index < -0.39 is 6.09 Å². The maximum atomic E-state index is 11.2. The molecule has 0 aromatic carbocycles. The molecule has 0 radical (unpaired) electrons. The number of nitrogens with one attached hydrogen (secondary N) is 3. The number of H-pyrrole nitrogens is 1. The second-order valence-corrected chi connectivity index (χ2v) is 4.28. The minimum atomic E-state index is -0.540. The molecule has 2 rings (SSSR count). The zero-order valence-electron chi connectivity index (χ0n) is 11.3. The molecule has 7 nitrogen and oxygen atoms in total. The number of hydrogen-bond acceptors (Lipinski definition) is 4. The fourth-order valence-electron chi connectivity index (χ4n) is 1.88. The molecule has 0 saturated carbocycles.